The highest BCUT2D eigenvalue weighted by Crippen LogP contribution is 2.37. The van der Waals surface area contributed by atoms with Crippen LogP contribution >= 0.6 is 0 Å². The van der Waals surface area contributed by atoms with Crippen LogP contribution in [0.1, 0.15) is 76.1 Å². The number of carbonyl (C=O) groups excluding carboxylic acids is 4. The lowest BCUT2D eigenvalue weighted by molar-refractivity contribution is -0.138. The van der Waals surface area contributed by atoms with Crippen LogP contribution in [0.4, 0.5) is 9.18 Å². The third kappa shape index (κ3) is 8.22. The topological polar surface area (TPSA) is 175 Å². The van der Waals surface area contributed by atoms with Gasteiger partial charge in [0.05, 0.1) is 36.8 Å². The molecular weight excluding hydrogens is 768 g/mol. The van der Waals surface area contributed by atoms with E-state index in [-0.39, 0.29) is 41.6 Å². The summed E-state index contributed by atoms with van der Waals surface area (Å²) in [6, 6.07) is 15.2. The van der Waals surface area contributed by atoms with Gasteiger partial charge in [-0.15, -0.1) is 0 Å². The van der Waals surface area contributed by atoms with Crippen LogP contribution < -0.4 is 10.6 Å². The second kappa shape index (κ2) is 17.6. The van der Waals surface area contributed by atoms with Gasteiger partial charge in [0.25, 0.3) is 0 Å². The molecule has 0 bridgehead atoms. The Bertz CT molecular complexity index is 2370. The molecule has 5 aromatic rings. The maximum absolute atomic E-state index is 15.9. The van der Waals surface area contributed by atoms with Crippen LogP contribution in [0, 0.1) is 17.7 Å². The minimum Gasteiger partial charge on any atom is -0.453 e. The van der Waals surface area contributed by atoms with E-state index < -0.39 is 18.2 Å². The molecule has 4 N–H and O–H groups in total. The fourth-order valence-corrected chi connectivity index (χ4v) is 9.01. The minimum absolute atomic E-state index is 0.0351. The molecule has 60 heavy (non-hydrogen) atoms. The van der Waals surface area contributed by atoms with E-state index in [0.717, 1.165) is 59.7 Å². The number of benzene rings is 3. The lowest BCUT2D eigenvalue weighted by Crippen LogP contribution is -2.51. The Hall–Kier alpha value is -6.09. The summed E-state index contributed by atoms with van der Waals surface area (Å²) < 4.78 is 26.1. The van der Waals surface area contributed by atoms with E-state index in [9.17, 15) is 19.2 Å². The molecule has 15 heteroatoms. The van der Waals surface area contributed by atoms with Crippen LogP contribution in [0.5, 0.6) is 0 Å². The maximum Gasteiger partial charge on any atom is 0.407 e. The number of halogens is 1. The number of nitrogens with one attached hydrogen (secondary N) is 4. The third-order valence-electron chi connectivity index (χ3n) is 12.3. The largest absolute Gasteiger partial charge is 0.453 e. The Morgan fingerprint density at radius 3 is 2.23 bits per heavy atom. The third-order valence-corrected chi connectivity index (χ3v) is 12.3. The molecule has 3 aliphatic heterocycles. The lowest BCUT2D eigenvalue weighted by atomic mass is 9.90. The Morgan fingerprint density at radius 2 is 1.55 bits per heavy atom. The van der Waals surface area contributed by atoms with E-state index in [1.165, 1.54) is 13.2 Å². The van der Waals surface area contributed by atoms with Crippen molar-refractivity contribution in [2.24, 2.45) is 11.8 Å². The number of ether oxygens (including phenoxy) is 2. The molecule has 3 aromatic carbocycles. The van der Waals surface area contributed by atoms with Gasteiger partial charge in [0.15, 0.2) is 0 Å². The summed E-state index contributed by atoms with van der Waals surface area (Å²) in [5.41, 5.74) is 4.13. The van der Waals surface area contributed by atoms with Crippen LogP contribution in [-0.4, -0.2) is 99.6 Å². The zero-order chi connectivity index (χ0) is 41.9. The highest BCUT2D eigenvalue weighted by atomic mass is 19.1. The van der Waals surface area contributed by atoms with Gasteiger partial charge in [0, 0.05) is 49.2 Å². The molecule has 2 aromatic heterocycles. The number of carbonyl (C=O) groups is 4. The zero-order valence-electron chi connectivity index (χ0n) is 34.1. The van der Waals surface area contributed by atoms with Gasteiger partial charge < -0.3 is 39.9 Å². The summed E-state index contributed by atoms with van der Waals surface area (Å²) in [5.74, 6) is 0.564. The fraction of sp³-hybridized carbons (Fsp3) is 0.422. The van der Waals surface area contributed by atoms with Gasteiger partial charge in [0.2, 0.25) is 18.2 Å². The highest BCUT2D eigenvalue weighted by Gasteiger charge is 2.40. The Morgan fingerprint density at radius 1 is 0.883 bits per heavy atom. The predicted octanol–water partition coefficient (Wildman–Crippen LogP) is 6.67. The first kappa shape index (κ1) is 40.7. The average Bonchev–Trinajstić information content (AvgIpc) is 4.11. The number of methoxy groups -OCH3 is 1. The second-order valence-corrected chi connectivity index (χ2v) is 16.3. The molecule has 3 aliphatic rings. The monoisotopic (exact) mass is 818 g/mol. The van der Waals surface area contributed by atoms with Crippen molar-refractivity contribution in [3.63, 3.8) is 0 Å². The van der Waals surface area contributed by atoms with Crippen molar-refractivity contribution in [3.8, 4) is 33.6 Å². The van der Waals surface area contributed by atoms with Crippen LogP contribution in [0.25, 0.3) is 44.4 Å². The van der Waals surface area contributed by atoms with E-state index in [4.69, 9.17) is 14.5 Å². The number of hydrogen-bond donors (Lipinski definition) is 4. The standard InChI is InChI=1S/C45H51FN8O6/c1-26(2)39(52-45(58)59-3)43(56)53-16-4-6-37(53)41-48-24-36(51-41)32-12-13-33(34(46)22-32)30-10-8-29-21-31(11-9-28(29)20-30)35-23-47-42(50-35)38-7-5-17-54(38)44(57)40(49-25-55)27-14-18-60-19-15-27/h8-13,20-27,37-40H,4-7,14-19H2,1-3H3,(H,47,50)(H,48,51)(H,49,55)(H,52,58)/t37-,38-,39-,40-/m0/s1. The van der Waals surface area contributed by atoms with Crippen LogP contribution in [0.2, 0.25) is 0 Å². The molecule has 14 nitrogen and oxygen atoms in total. The average molecular weight is 819 g/mol. The number of rotatable bonds is 12. The molecule has 0 unspecified atom stereocenters. The fourth-order valence-electron chi connectivity index (χ4n) is 9.01. The molecule has 8 rings (SSSR count). The molecule has 0 radical (unpaired) electrons. The minimum atomic E-state index is -0.737. The normalized spacial score (nSPS) is 19.4. The molecular formula is C45H51FN8O6. The number of amides is 4. The molecule has 3 saturated heterocycles. The van der Waals surface area contributed by atoms with Crippen molar-refractivity contribution in [1.29, 1.82) is 0 Å². The van der Waals surface area contributed by atoms with E-state index >= 15 is 4.39 Å². The Labute approximate surface area is 347 Å². The van der Waals surface area contributed by atoms with Crippen molar-refractivity contribution < 1.29 is 33.0 Å². The van der Waals surface area contributed by atoms with Crippen LogP contribution in [0.15, 0.2) is 67.0 Å². The summed E-state index contributed by atoms with van der Waals surface area (Å²) in [6.07, 6.45) is 8.07. The molecule has 5 heterocycles. The molecule has 3 fully saturated rings. The van der Waals surface area contributed by atoms with E-state index in [1.54, 1.807) is 17.2 Å². The number of fused-ring (bicyclic) bond motifs is 1. The van der Waals surface area contributed by atoms with Gasteiger partial charge in [-0.1, -0.05) is 50.2 Å². The lowest BCUT2D eigenvalue weighted by Gasteiger charge is -2.33. The van der Waals surface area contributed by atoms with Crippen molar-refractivity contribution in [1.82, 2.24) is 40.4 Å². The molecule has 314 valence electrons. The summed E-state index contributed by atoms with van der Waals surface area (Å²) in [5, 5.41) is 7.38. The number of aromatic nitrogens is 4. The number of aromatic amines is 2. The Balaban J connectivity index is 0.953. The van der Waals surface area contributed by atoms with Crippen molar-refractivity contribution in [2.75, 3.05) is 33.4 Å². The van der Waals surface area contributed by atoms with Gasteiger partial charge in [-0.3, -0.25) is 14.4 Å². The van der Waals surface area contributed by atoms with Crippen molar-refractivity contribution in [2.45, 2.75) is 76.5 Å². The molecule has 0 saturated carbocycles. The number of H-pyrrole nitrogens is 2. The summed E-state index contributed by atoms with van der Waals surface area (Å²) >= 11 is 0. The van der Waals surface area contributed by atoms with Gasteiger partial charge in [-0.05, 0) is 84.9 Å². The van der Waals surface area contributed by atoms with Crippen LogP contribution in [0.3, 0.4) is 0 Å². The maximum atomic E-state index is 15.9. The van der Waals surface area contributed by atoms with Crippen molar-refractivity contribution >= 4 is 35.1 Å². The predicted molar refractivity (Wildman–Crippen MR) is 223 cm³/mol. The molecule has 4 amide bonds. The van der Waals surface area contributed by atoms with E-state index in [1.807, 2.05) is 61.3 Å². The van der Waals surface area contributed by atoms with Gasteiger partial charge in [-0.2, -0.15) is 0 Å². The SMILES string of the molecule is COC(=O)N[C@H](C(=O)N1CCC[C@H]1c1ncc(-c2ccc(-c3ccc4cc(-c5c[nH]c([C@@H]6CCCN6C(=O)[C@@H](NC=O)C6CCOCC6)n5)ccc4c3)c(F)c2)[nH]1)C(C)C. The molecule has 0 spiro atoms. The summed E-state index contributed by atoms with van der Waals surface area (Å²) in [6.45, 7) is 6.05. The zero-order valence-corrected chi connectivity index (χ0v) is 34.1. The van der Waals surface area contributed by atoms with Gasteiger partial charge in [0.1, 0.15) is 29.5 Å². The quantitative estimate of drug-likeness (QED) is 0.101. The van der Waals surface area contributed by atoms with Gasteiger partial charge in [-0.25, -0.2) is 19.2 Å². The molecule has 0 aliphatic carbocycles. The first-order valence-corrected chi connectivity index (χ1v) is 20.8. The van der Waals surface area contributed by atoms with Crippen molar-refractivity contribution in [3.05, 3.63) is 84.5 Å². The van der Waals surface area contributed by atoms with Crippen LogP contribution in [-0.2, 0) is 23.9 Å². The van der Waals surface area contributed by atoms with E-state index in [2.05, 4.69) is 31.7 Å². The number of likely N-dealkylation sites (tertiary alicyclic amines) is 2. The number of alkyl carbamates (subject to hydrolysis) is 1. The summed E-state index contributed by atoms with van der Waals surface area (Å²) in [7, 11) is 1.27. The first-order valence-electron chi connectivity index (χ1n) is 20.8. The highest BCUT2D eigenvalue weighted by molar-refractivity contribution is 5.91. The summed E-state index contributed by atoms with van der Waals surface area (Å²) in [4.78, 5) is 70.6. The smallest absolute Gasteiger partial charge is 0.407 e. The first-order chi connectivity index (χ1) is 29.1. The van der Waals surface area contributed by atoms with Gasteiger partial charge >= 0.3 is 6.09 Å². The number of imidazole rings is 2. The number of hydrogen-bond acceptors (Lipinski definition) is 8. The Kier molecular flexibility index (Phi) is 12.0. The number of nitrogens with zero attached hydrogens (tertiary/aromatic N) is 4. The van der Waals surface area contributed by atoms with E-state index in [0.29, 0.717) is 67.6 Å². The second-order valence-electron chi connectivity index (χ2n) is 16.3. The molecule has 4 atom stereocenters.